The Balaban J connectivity index is 2.91. The van der Waals surface area contributed by atoms with Gasteiger partial charge in [-0.15, -0.1) is 0 Å². The first-order valence-corrected chi connectivity index (χ1v) is 7.04. The molecule has 1 rings (SSSR count). The zero-order valence-corrected chi connectivity index (χ0v) is 13.4. The van der Waals surface area contributed by atoms with Crippen LogP contribution in [-0.4, -0.2) is 52.6 Å². The van der Waals surface area contributed by atoms with Gasteiger partial charge in [-0.05, 0) is 29.0 Å². The summed E-state index contributed by atoms with van der Waals surface area (Å²) >= 11 is 3.46. The van der Waals surface area contributed by atoms with Crippen LogP contribution in [0.1, 0.15) is 5.56 Å². The number of hydrogen-bond donors (Lipinski definition) is 1. The van der Waals surface area contributed by atoms with Gasteiger partial charge in [0.1, 0.15) is 5.82 Å². The van der Waals surface area contributed by atoms with Crippen molar-refractivity contribution in [2.75, 3.05) is 52.5 Å². The highest BCUT2D eigenvalue weighted by Crippen LogP contribution is 2.21. The monoisotopic (exact) mass is 331 g/mol. The summed E-state index contributed by atoms with van der Waals surface area (Å²) in [6, 6.07) is 2.09. The Morgan fingerprint density at radius 2 is 1.89 bits per heavy atom. The van der Waals surface area contributed by atoms with Crippen LogP contribution >= 0.6 is 15.9 Å². The minimum Gasteiger partial charge on any atom is -0.383 e. The molecule has 0 fully saturated rings. The maximum absolute atomic E-state index is 5.16. The van der Waals surface area contributed by atoms with Crippen LogP contribution in [0.5, 0.6) is 0 Å². The highest BCUT2D eigenvalue weighted by atomic mass is 79.9. The van der Waals surface area contributed by atoms with Gasteiger partial charge < -0.3 is 19.7 Å². The van der Waals surface area contributed by atoms with Crippen molar-refractivity contribution in [3.63, 3.8) is 0 Å². The number of methoxy groups -OCH3 is 2. The van der Waals surface area contributed by atoms with Crippen LogP contribution in [0, 0.1) is 0 Å². The maximum Gasteiger partial charge on any atom is 0.133 e. The third-order valence-corrected chi connectivity index (χ3v) is 3.14. The second kappa shape index (κ2) is 9.25. The van der Waals surface area contributed by atoms with E-state index in [4.69, 9.17) is 9.47 Å². The predicted molar refractivity (Wildman–Crippen MR) is 80.7 cm³/mol. The Morgan fingerprint density at radius 1 is 1.26 bits per heavy atom. The van der Waals surface area contributed by atoms with Crippen LogP contribution in [0.15, 0.2) is 16.7 Å². The van der Waals surface area contributed by atoms with E-state index in [-0.39, 0.29) is 0 Å². The molecule has 1 N–H and O–H groups in total. The van der Waals surface area contributed by atoms with Crippen molar-refractivity contribution >= 4 is 21.7 Å². The second-order valence-electron chi connectivity index (χ2n) is 4.14. The van der Waals surface area contributed by atoms with Gasteiger partial charge in [0.15, 0.2) is 0 Å². The molecule has 19 heavy (non-hydrogen) atoms. The highest BCUT2D eigenvalue weighted by molar-refractivity contribution is 9.10. The largest absolute Gasteiger partial charge is 0.383 e. The highest BCUT2D eigenvalue weighted by Gasteiger charge is 2.13. The van der Waals surface area contributed by atoms with E-state index in [1.165, 1.54) is 0 Å². The Hall–Kier alpha value is -0.690. The zero-order valence-electron chi connectivity index (χ0n) is 11.8. The topological polar surface area (TPSA) is 46.6 Å². The molecule has 6 heteroatoms. The first kappa shape index (κ1) is 16.4. The molecular weight excluding hydrogens is 310 g/mol. The summed E-state index contributed by atoms with van der Waals surface area (Å²) in [5.74, 6) is 0.978. The molecule has 0 aliphatic carbocycles. The average Bonchev–Trinajstić information content (AvgIpc) is 2.40. The summed E-state index contributed by atoms with van der Waals surface area (Å²) < 4.78 is 11.3. The summed E-state index contributed by atoms with van der Waals surface area (Å²) in [4.78, 5) is 6.72. The van der Waals surface area contributed by atoms with E-state index in [9.17, 15) is 0 Å². The number of ether oxygens (including phenoxy) is 2. The van der Waals surface area contributed by atoms with Crippen LogP contribution in [0.2, 0.25) is 0 Å². The van der Waals surface area contributed by atoms with E-state index in [1.807, 2.05) is 13.2 Å². The number of pyridine rings is 1. The fourth-order valence-corrected chi connectivity index (χ4v) is 2.18. The Bertz CT molecular complexity index is 369. The molecule has 0 radical (unpaired) electrons. The second-order valence-corrected chi connectivity index (χ2v) is 5.05. The minimum absolute atomic E-state index is 0.667. The van der Waals surface area contributed by atoms with Gasteiger partial charge in [-0.2, -0.15) is 0 Å². The van der Waals surface area contributed by atoms with Crippen LogP contribution < -0.4 is 10.2 Å². The number of hydrogen-bond acceptors (Lipinski definition) is 5. The molecule has 0 aromatic carbocycles. The lowest BCUT2D eigenvalue weighted by Crippen LogP contribution is -2.32. The van der Waals surface area contributed by atoms with Gasteiger partial charge >= 0.3 is 0 Å². The molecule has 0 atom stereocenters. The van der Waals surface area contributed by atoms with Gasteiger partial charge in [-0.3, -0.25) is 0 Å². The van der Waals surface area contributed by atoms with Crippen molar-refractivity contribution in [1.29, 1.82) is 0 Å². The van der Waals surface area contributed by atoms with Crippen molar-refractivity contribution in [2.45, 2.75) is 6.54 Å². The number of anilines is 1. The van der Waals surface area contributed by atoms with E-state index in [1.54, 1.807) is 14.2 Å². The molecule has 0 aliphatic heterocycles. The van der Waals surface area contributed by atoms with E-state index < -0.39 is 0 Å². The van der Waals surface area contributed by atoms with Gasteiger partial charge in [0.25, 0.3) is 0 Å². The van der Waals surface area contributed by atoms with Gasteiger partial charge in [-0.1, -0.05) is 0 Å². The van der Waals surface area contributed by atoms with Crippen molar-refractivity contribution in [3.05, 3.63) is 22.3 Å². The Labute approximate surface area is 123 Å². The third kappa shape index (κ3) is 5.44. The van der Waals surface area contributed by atoms with Crippen molar-refractivity contribution in [2.24, 2.45) is 0 Å². The van der Waals surface area contributed by atoms with E-state index in [2.05, 4.69) is 37.2 Å². The molecule has 0 spiro atoms. The van der Waals surface area contributed by atoms with Crippen LogP contribution in [0.3, 0.4) is 0 Å². The maximum atomic E-state index is 5.16. The van der Waals surface area contributed by atoms with Crippen molar-refractivity contribution in [1.82, 2.24) is 10.3 Å². The zero-order chi connectivity index (χ0) is 14.1. The lowest BCUT2D eigenvalue weighted by atomic mass is 10.2. The molecule has 0 amide bonds. The summed E-state index contributed by atoms with van der Waals surface area (Å²) in [5, 5.41) is 3.17. The van der Waals surface area contributed by atoms with Crippen LogP contribution in [-0.2, 0) is 16.0 Å². The number of halogens is 1. The van der Waals surface area contributed by atoms with Gasteiger partial charge in [0.05, 0.1) is 13.2 Å². The molecule has 0 saturated carbocycles. The standard InChI is InChI=1S/C13H22BrN3O2/c1-15-9-11-8-12(14)10-16-13(11)17(4-6-18-2)5-7-19-3/h8,10,15H,4-7,9H2,1-3H3. The molecule has 108 valence electrons. The van der Waals surface area contributed by atoms with Gasteiger partial charge in [-0.25, -0.2) is 4.98 Å². The van der Waals surface area contributed by atoms with E-state index in [0.717, 1.165) is 35.5 Å². The Kier molecular flexibility index (Phi) is 7.97. The van der Waals surface area contributed by atoms with Crippen LogP contribution in [0.4, 0.5) is 5.82 Å². The summed E-state index contributed by atoms with van der Waals surface area (Å²) in [5.41, 5.74) is 1.16. The summed E-state index contributed by atoms with van der Waals surface area (Å²) in [6.45, 7) is 3.70. The third-order valence-electron chi connectivity index (χ3n) is 2.71. The van der Waals surface area contributed by atoms with Gasteiger partial charge in [0, 0.05) is 50.1 Å². The molecule has 0 bridgehead atoms. The van der Waals surface area contributed by atoms with E-state index >= 15 is 0 Å². The Morgan fingerprint density at radius 3 is 2.42 bits per heavy atom. The quantitative estimate of drug-likeness (QED) is 0.745. The fraction of sp³-hybridized carbons (Fsp3) is 0.615. The number of rotatable bonds is 9. The van der Waals surface area contributed by atoms with Crippen molar-refractivity contribution < 1.29 is 9.47 Å². The molecule has 0 unspecified atom stereocenters. The fourth-order valence-electron chi connectivity index (χ4n) is 1.81. The molecule has 0 saturated heterocycles. The molecular formula is C13H22BrN3O2. The van der Waals surface area contributed by atoms with Crippen LogP contribution in [0.25, 0.3) is 0 Å². The van der Waals surface area contributed by atoms with Gasteiger partial charge in [0.2, 0.25) is 0 Å². The molecule has 0 aliphatic rings. The average molecular weight is 332 g/mol. The molecule has 1 aromatic rings. The molecule has 5 nitrogen and oxygen atoms in total. The SMILES string of the molecule is CNCc1cc(Br)cnc1N(CCOC)CCOC. The number of aromatic nitrogens is 1. The molecule has 1 aromatic heterocycles. The smallest absolute Gasteiger partial charge is 0.133 e. The predicted octanol–water partition coefficient (Wildman–Crippen LogP) is 1.66. The lowest BCUT2D eigenvalue weighted by molar-refractivity contribution is 0.190. The lowest BCUT2D eigenvalue weighted by Gasteiger charge is -2.25. The minimum atomic E-state index is 0.667. The normalized spacial score (nSPS) is 10.7. The van der Waals surface area contributed by atoms with E-state index in [0.29, 0.717) is 13.2 Å². The summed E-state index contributed by atoms with van der Waals surface area (Å²) in [7, 11) is 5.34. The first-order valence-electron chi connectivity index (χ1n) is 6.24. The number of nitrogens with one attached hydrogen (secondary N) is 1. The molecule has 1 heterocycles. The number of nitrogens with zero attached hydrogens (tertiary/aromatic N) is 2. The summed E-state index contributed by atoms with van der Waals surface area (Å²) in [6.07, 6.45) is 1.82. The first-order chi connectivity index (χ1) is 9.22. The van der Waals surface area contributed by atoms with Crippen molar-refractivity contribution in [3.8, 4) is 0 Å².